The van der Waals surface area contributed by atoms with Crippen molar-refractivity contribution in [2.75, 3.05) is 18.7 Å². The number of fused-ring (bicyclic) bond motifs is 5. The van der Waals surface area contributed by atoms with E-state index in [-0.39, 0.29) is 17.2 Å². The number of halogens is 1. The minimum Gasteiger partial charge on any atom is -0.467 e. The zero-order valence-electron chi connectivity index (χ0n) is 23.9. The van der Waals surface area contributed by atoms with Crippen LogP contribution in [0.15, 0.2) is 0 Å². The van der Waals surface area contributed by atoms with Crippen molar-refractivity contribution in [3.63, 3.8) is 0 Å². The minimum absolute atomic E-state index is 0.0249. The maximum Gasteiger partial charge on any atom is 0.330 e. The highest BCUT2D eigenvalue weighted by molar-refractivity contribution is 6.32. The summed E-state index contributed by atoms with van der Waals surface area (Å²) in [5, 5.41) is 19.1. The Morgan fingerprint density at radius 3 is 2.21 bits per heavy atom. The summed E-state index contributed by atoms with van der Waals surface area (Å²) in [6, 6.07) is -1.96. The van der Waals surface area contributed by atoms with E-state index in [0.717, 1.165) is 32.3 Å². The fourth-order valence-corrected chi connectivity index (χ4v) is 5.88. The predicted octanol–water partition coefficient (Wildman–Crippen LogP) is 0.117. The van der Waals surface area contributed by atoms with Crippen molar-refractivity contribution in [2.45, 2.75) is 83.9 Å². The fraction of sp³-hybridized carbons (Fsp3) is 0.625. The SMILES string of the molecule is COC(=O)[C@@H]1C[C@@H]([C@H](OC(C)=O)[C@@H](OC(C)=O)[C@@H](COC(C)=O)OC(C)=O)N2N1c1c(Cl)nn3nnnc3c1C2(C)C. The molecule has 0 radical (unpaired) electrons. The summed E-state index contributed by atoms with van der Waals surface area (Å²) >= 11 is 6.63. The van der Waals surface area contributed by atoms with Gasteiger partial charge in [-0.15, -0.1) is 14.8 Å². The molecule has 1 fully saturated rings. The Morgan fingerprint density at radius 1 is 1.00 bits per heavy atom. The van der Waals surface area contributed by atoms with Crippen LogP contribution in [0.2, 0.25) is 5.15 Å². The van der Waals surface area contributed by atoms with E-state index in [2.05, 4.69) is 20.6 Å². The van der Waals surface area contributed by atoms with E-state index in [1.165, 1.54) is 7.11 Å². The highest BCUT2D eigenvalue weighted by Gasteiger charge is 2.62. The van der Waals surface area contributed by atoms with E-state index in [9.17, 15) is 24.0 Å². The van der Waals surface area contributed by atoms with Gasteiger partial charge in [0.15, 0.2) is 23.5 Å². The van der Waals surface area contributed by atoms with Gasteiger partial charge in [-0.1, -0.05) is 11.6 Å². The van der Waals surface area contributed by atoms with Crippen molar-refractivity contribution in [2.24, 2.45) is 0 Å². The molecule has 2 aromatic heterocycles. The quantitative estimate of drug-likeness (QED) is 0.273. The van der Waals surface area contributed by atoms with Crippen LogP contribution in [0.5, 0.6) is 0 Å². The lowest BCUT2D eigenvalue weighted by atomic mass is 9.89. The Kier molecular flexibility index (Phi) is 8.54. The summed E-state index contributed by atoms with van der Waals surface area (Å²) in [5.74, 6) is -3.69. The molecule has 0 aliphatic carbocycles. The zero-order valence-corrected chi connectivity index (χ0v) is 24.6. The van der Waals surface area contributed by atoms with Gasteiger partial charge in [0.1, 0.15) is 18.3 Å². The van der Waals surface area contributed by atoms with Crippen molar-refractivity contribution in [1.29, 1.82) is 0 Å². The van der Waals surface area contributed by atoms with Gasteiger partial charge in [-0.05, 0) is 24.3 Å². The first-order valence-corrected chi connectivity index (χ1v) is 13.2. The summed E-state index contributed by atoms with van der Waals surface area (Å²) in [6.45, 7) is 7.60. The molecule has 0 aromatic carbocycles. The first-order chi connectivity index (χ1) is 19.7. The number of tetrazole rings is 1. The van der Waals surface area contributed by atoms with Crippen LogP contribution in [0.3, 0.4) is 0 Å². The second-order valence-electron chi connectivity index (χ2n) is 10.2. The largest absolute Gasteiger partial charge is 0.467 e. The summed E-state index contributed by atoms with van der Waals surface area (Å²) in [6.07, 6.45) is -4.29. The molecule has 0 bridgehead atoms. The molecule has 0 unspecified atom stereocenters. The molecule has 0 spiro atoms. The molecule has 5 atom stereocenters. The van der Waals surface area contributed by atoms with Gasteiger partial charge in [0.05, 0.1) is 24.3 Å². The summed E-state index contributed by atoms with van der Waals surface area (Å²) < 4.78 is 28.1. The number of hydrogen-bond donors (Lipinski definition) is 0. The topological polar surface area (TPSA) is 194 Å². The van der Waals surface area contributed by atoms with Crippen LogP contribution in [0, 0.1) is 0 Å². The molecule has 0 N–H and O–H groups in total. The average Bonchev–Trinajstić information content (AvgIpc) is 3.56. The van der Waals surface area contributed by atoms with E-state index in [1.54, 1.807) is 23.9 Å². The lowest BCUT2D eigenvalue weighted by Crippen LogP contribution is -2.59. The van der Waals surface area contributed by atoms with Gasteiger partial charge in [0, 0.05) is 34.1 Å². The van der Waals surface area contributed by atoms with Crippen LogP contribution < -0.4 is 5.01 Å². The maximum atomic E-state index is 13.2. The fourth-order valence-electron chi connectivity index (χ4n) is 5.63. The van der Waals surface area contributed by atoms with Gasteiger partial charge >= 0.3 is 29.8 Å². The lowest BCUT2D eigenvalue weighted by Gasteiger charge is -2.42. The zero-order chi connectivity index (χ0) is 31.1. The molecule has 4 rings (SSSR count). The molecular weight excluding hydrogens is 582 g/mol. The number of aromatic nitrogens is 5. The number of esters is 5. The number of nitrogens with zero attached hydrogens (tertiary/aromatic N) is 7. The average molecular weight is 612 g/mol. The predicted molar refractivity (Wildman–Crippen MR) is 138 cm³/mol. The van der Waals surface area contributed by atoms with E-state index >= 15 is 0 Å². The van der Waals surface area contributed by atoms with Crippen molar-refractivity contribution in [1.82, 2.24) is 30.3 Å². The summed E-state index contributed by atoms with van der Waals surface area (Å²) in [5.41, 5.74) is 0.0404. The molecule has 2 aromatic rings. The van der Waals surface area contributed by atoms with E-state index in [0.29, 0.717) is 11.3 Å². The molecular formula is C24H30ClN7O10. The van der Waals surface area contributed by atoms with Gasteiger partial charge in [-0.2, -0.15) is 0 Å². The molecule has 0 amide bonds. The number of carbonyl (C=O) groups is 5. The molecule has 0 saturated carbocycles. The Morgan fingerprint density at radius 2 is 1.64 bits per heavy atom. The van der Waals surface area contributed by atoms with Crippen molar-refractivity contribution in [3.8, 4) is 0 Å². The smallest absolute Gasteiger partial charge is 0.330 e. The van der Waals surface area contributed by atoms with Gasteiger partial charge in [-0.3, -0.25) is 24.2 Å². The number of ether oxygens (including phenoxy) is 5. The number of rotatable bonds is 9. The third-order valence-electron chi connectivity index (χ3n) is 6.93. The number of hydrogen-bond acceptors (Lipinski definition) is 16. The second-order valence-corrected chi connectivity index (χ2v) is 10.6. The third kappa shape index (κ3) is 5.53. The summed E-state index contributed by atoms with van der Waals surface area (Å²) in [4.78, 5) is 61.8. The first kappa shape index (κ1) is 30.8. The first-order valence-electron chi connectivity index (χ1n) is 12.8. The molecule has 228 valence electrons. The molecule has 18 heteroatoms. The van der Waals surface area contributed by atoms with Crippen LogP contribution in [-0.4, -0.2) is 104 Å². The minimum atomic E-state index is -1.49. The Bertz CT molecular complexity index is 1430. The van der Waals surface area contributed by atoms with Crippen molar-refractivity contribution >= 4 is 52.8 Å². The number of anilines is 1. The highest BCUT2D eigenvalue weighted by atomic mass is 35.5. The van der Waals surface area contributed by atoms with Gasteiger partial charge in [0.25, 0.3) is 0 Å². The number of hydrazine groups is 1. The third-order valence-corrected chi connectivity index (χ3v) is 7.18. The molecule has 1 saturated heterocycles. The Hall–Kier alpha value is -4.12. The van der Waals surface area contributed by atoms with Crippen LogP contribution in [0.1, 0.15) is 53.5 Å². The van der Waals surface area contributed by atoms with Crippen LogP contribution in [0.25, 0.3) is 5.65 Å². The van der Waals surface area contributed by atoms with Crippen molar-refractivity contribution in [3.05, 3.63) is 10.7 Å². The molecule has 42 heavy (non-hydrogen) atoms. The van der Waals surface area contributed by atoms with Gasteiger partial charge in [-0.25, -0.2) is 9.80 Å². The molecule has 4 heterocycles. The van der Waals surface area contributed by atoms with E-state index < -0.39 is 72.4 Å². The maximum absolute atomic E-state index is 13.2. The highest BCUT2D eigenvalue weighted by Crippen LogP contribution is 2.54. The monoisotopic (exact) mass is 611 g/mol. The van der Waals surface area contributed by atoms with Crippen LogP contribution in [0.4, 0.5) is 5.69 Å². The van der Waals surface area contributed by atoms with Gasteiger partial charge < -0.3 is 23.7 Å². The number of carbonyl (C=O) groups excluding carboxylic acids is 5. The van der Waals surface area contributed by atoms with Gasteiger partial charge in [0.2, 0.25) is 5.65 Å². The van der Waals surface area contributed by atoms with Crippen LogP contribution >= 0.6 is 11.6 Å². The lowest BCUT2D eigenvalue weighted by molar-refractivity contribution is -0.195. The van der Waals surface area contributed by atoms with Crippen LogP contribution in [-0.2, 0) is 53.2 Å². The van der Waals surface area contributed by atoms with E-state index in [1.807, 2.05) is 0 Å². The van der Waals surface area contributed by atoms with Crippen molar-refractivity contribution < 1.29 is 47.7 Å². The summed E-state index contributed by atoms with van der Waals surface area (Å²) in [7, 11) is 1.22. The second kappa shape index (κ2) is 11.6. The molecule has 17 nitrogen and oxygen atoms in total. The normalized spacial score (nSPS) is 21.1. The Labute approximate surface area is 244 Å². The standard InChI is InChI=1S/C24H30ClN7O10/c1-10(33)39-9-16(40-11(2)34)20(42-13(4)36)19(41-12(3)35)14-8-15(23(37)38-7)30-18-17(24(5,6)31(14)30)22-26-28-29-32(22)27-21(18)25/h14-16,19-20H,8-9H2,1-7H3/t14-,15-,16+,19-,20-/m0/s1. The van der Waals surface area contributed by atoms with E-state index in [4.69, 9.17) is 35.3 Å². The Balaban J connectivity index is 1.91. The molecule has 2 aliphatic heterocycles. The number of methoxy groups -OCH3 is 1. The molecule has 2 aliphatic rings.